The summed E-state index contributed by atoms with van der Waals surface area (Å²) in [7, 11) is 1.37. The lowest BCUT2D eigenvalue weighted by atomic mass is 10.2. The Morgan fingerprint density at radius 2 is 2.32 bits per heavy atom. The molecule has 1 saturated heterocycles. The number of rotatable bonds is 3. The number of hydrogen-bond acceptors (Lipinski definition) is 6. The zero-order chi connectivity index (χ0) is 14.0. The van der Waals surface area contributed by atoms with Gasteiger partial charge in [-0.1, -0.05) is 0 Å². The van der Waals surface area contributed by atoms with Crippen molar-refractivity contribution in [2.24, 2.45) is 0 Å². The van der Waals surface area contributed by atoms with E-state index in [9.17, 15) is 4.79 Å². The van der Waals surface area contributed by atoms with Gasteiger partial charge in [0.2, 0.25) is 0 Å². The molecule has 0 spiro atoms. The number of carbonyl (C=O) groups is 1. The minimum Gasteiger partial charge on any atom is -0.464 e. The van der Waals surface area contributed by atoms with Crippen LogP contribution in [0, 0.1) is 6.92 Å². The Labute approximate surface area is 117 Å². The maximum atomic E-state index is 11.6. The van der Waals surface area contributed by atoms with Crippen molar-refractivity contribution in [1.82, 2.24) is 9.88 Å². The molecule has 1 aromatic rings. The second-order valence-corrected chi connectivity index (χ2v) is 6.13. The Balaban J connectivity index is 2.15. The predicted molar refractivity (Wildman–Crippen MR) is 73.6 cm³/mol. The summed E-state index contributed by atoms with van der Waals surface area (Å²) in [5, 5.41) is 0.864. The van der Waals surface area contributed by atoms with Gasteiger partial charge in [0.15, 0.2) is 5.69 Å². The molecule has 1 fully saturated rings. The van der Waals surface area contributed by atoms with Gasteiger partial charge in [-0.25, -0.2) is 9.78 Å². The van der Waals surface area contributed by atoms with Gasteiger partial charge in [0, 0.05) is 24.0 Å². The normalized spacial score (nSPS) is 20.8. The van der Waals surface area contributed by atoms with E-state index in [4.69, 9.17) is 9.47 Å². The molecule has 0 bridgehead atoms. The maximum Gasteiger partial charge on any atom is 0.357 e. The fourth-order valence-corrected chi connectivity index (χ4v) is 3.08. The number of ether oxygens (including phenoxy) is 2. The van der Waals surface area contributed by atoms with E-state index >= 15 is 0 Å². The predicted octanol–water partition coefficient (Wildman–Crippen LogP) is 2.02. The van der Waals surface area contributed by atoms with Crippen LogP contribution in [0.2, 0.25) is 0 Å². The molecule has 1 atom stereocenters. The lowest BCUT2D eigenvalue weighted by molar-refractivity contribution is -0.0403. The van der Waals surface area contributed by atoms with E-state index in [2.05, 4.69) is 23.7 Å². The van der Waals surface area contributed by atoms with Gasteiger partial charge >= 0.3 is 5.97 Å². The van der Waals surface area contributed by atoms with Gasteiger partial charge in [0.25, 0.3) is 0 Å². The molecule has 2 heterocycles. The van der Waals surface area contributed by atoms with Crippen LogP contribution in [0.15, 0.2) is 0 Å². The minimum atomic E-state index is -0.378. The van der Waals surface area contributed by atoms with Gasteiger partial charge in [-0.15, -0.1) is 11.3 Å². The zero-order valence-corrected chi connectivity index (χ0v) is 12.6. The summed E-state index contributed by atoms with van der Waals surface area (Å²) in [6.45, 7) is 8.71. The molecule has 1 unspecified atom stereocenters. The molecule has 2 rings (SSSR count). The number of esters is 1. The molecule has 0 radical (unpaired) electrons. The first-order valence-electron chi connectivity index (χ1n) is 6.44. The molecule has 0 saturated carbocycles. The standard InChI is InChI=1S/C13H20N2O3S/c1-8(2)15-5-6-18-10(7-15)12-14-11(9(3)19-12)13(16)17-4/h8,10H,5-7H2,1-4H3. The molecule has 0 aromatic carbocycles. The number of nitrogens with zero attached hydrogens (tertiary/aromatic N) is 2. The van der Waals surface area contributed by atoms with Gasteiger partial charge in [-0.2, -0.15) is 0 Å². The molecule has 19 heavy (non-hydrogen) atoms. The monoisotopic (exact) mass is 284 g/mol. The summed E-state index contributed by atoms with van der Waals surface area (Å²) < 4.78 is 10.5. The first-order valence-corrected chi connectivity index (χ1v) is 7.26. The molecule has 1 aliphatic heterocycles. The quantitative estimate of drug-likeness (QED) is 0.795. The number of methoxy groups -OCH3 is 1. The van der Waals surface area contributed by atoms with Crippen LogP contribution in [0.3, 0.4) is 0 Å². The van der Waals surface area contributed by atoms with Gasteiger partial charge in [0.05, 0.1) is 13.7 Å². The van der Waals surface area contributed by atoms with Gasteiger partial charge in [-0.05, 0) is 20.8 Å². The highest BCUT2D eigenvalue weighted by molar-refractivity contribution is 7.11. The Morgan fingerprint density at radius 1 is 1.58 bits per heavy atom. The topological polar surface area (TPSA) is 51.7 Å². The molecule has 1 aromatic heterocycles. The van der Waals surface area contributed by atoms with Crippen molar-refractivity contribution < 1.29 is 14.3 Å². The zero-order valence-electron chi connectivity index (χ0n) is 11.8. The SMILES string of the molecule is COC(=O)c1nc(C2CN(C(C)C)CCO2)sc1C. The molecule has 0 N–H and O–H groups in total. The Kier molecular flexibility index (Phi) is 4.54. The second-order valence-electron chi connectivity index (χ2n) is 4.90. The van der Waals surface area contributed by atoms with Crippen molar-refractivity contribution in [3.8, 4) is 0 Å². The molecular formula is C13H20N2O3S. The molecule has 5 nitrogen and oxygen atoms in total. The van der Waals surface area contributed by atoms with Crippen molar-refractivity contribution >= 4 is 17.3 Å². The lowest BCUT2D eigenvalue weighted by Crippen LogP contribution is -2.42. The largest absolute Gasteiger partial charge is 0.464 e. The summed E-state index contributed by atoms with van der Waals surface area (Å²) >= 11 is 1.51. The van der Waals surface area contributed by atoms with Crippen molar-refractivity contribution in [2.45, 2.75) is 32.9 Å². The highest BCUT2D eigenvalue weighted by atomic mass is 32.1. The molecule has 106 valence electrons. The van der Waals surface area contributed by atoms with E-state index in [1.54, 1.807) is 0 Å². The summed E-state index contributed by atoms with van der Waals surface area (Å²) in [4.78, 5) is 19.2. The molecule has 0 aliphatic carbocycles. The first-order chi connectivity index (χ1) is 9.02. The third-order valence-corrected chi connectivity index (χ3v) is 4.36. The van der Waals surface area contributed by atoms with Crippen LogP contribution in [0.5, 0.6) is 0 Å². The average Bonchev–Trinajstić information content (AvgIpc) is 2.80. The summed E-state index contributed by atoms with van der Waals surface area (Å²) in [5.74, 6) is -0.378. The van der Waals surface area contributed by atoms with E-state index in [1.165, 1.54) is 18.4 Å². The van der Waals surface area contributed by atoms with Gasteiger partial charge in [0.1, 0.15) is 11.1 Å². The molecule has 1 aliphatic rings. The first kappa shape index (κ1) is 14.4. The van der Waals surface area contributed by atoms with Crippen molar-refractivity contribution in [3.05, 3.63) is 15.6 Å². The Bertz CT molecular complexity index is 459. The fourth-order valence-electron chi connectivity index (χ4n) is 2.13. The second kappa shape index (κ2) is 5.98. The summed E-state index contributed by atoms with van der Waals surface area (Å²) in [5.41, 5.74) is 0.410. The van der Waals surface area contributed by atoms with Crippen LogP contribution in [-0.2, 0) is 9.47 Å². The van der Waals surface area contributed by atoms with Crippen LogP contribution in [0.25, 0.3) is 0 Å². The molecule has 6 heteroatoms. The highest BCUT2D eigenvalue weighted by Crippen LogP contribution is 2.29. The summed E-state index contributed by atoms with van der Waals surface area (Å²) in [6, 6.07) is 0.493. The number of hydrogen-bond donors (Lipinski definition) is 0. The van der Waals surface area contributed by atoms with E-state index < -0.39 is 0 Å². The maximum absolute atomic E-state index is 11.6. The van der Waals surface area contributed by atoms with E-state index in [1.807, 2.05) is 6.92 Å². The van der Waals surface area contributed by atoms with Crippen molar-refractivity contribution in [3.63, 3.8) is 0 Å². The molecule has 0 amide bonds. The van der Waals surface area contributed by atoms with Crippen LogP contribution in [0.4, 0.5) is 0 Å². The summed E-state index contributed by atoms with van der Waals surface area (Å²) in [6.07, 6.45) is -0.0433. The fraction of sp³-hybridized carbons (Fsp3) is 0.692. The number of carbonyl (C=O) groups excluding carboxylic acids is 1. The highest BCUT2D eigenvalue weighted by Gasteiger charge is 2.27. The van der Waals surface area contributed by atoms with E-state index in [0.29, 0.717) is 18.3 Å². The lowest BCUT2D eigenvalue weighted by Gasteiger charge is -2.34. The Morgan fingerprint density at radius 3 is 2.95 bits per heavy atom. The Hall–Kier alpha value is -0.980. The van der Waals surface area contributed by atoms with Crippen LogP contribution in [0.1, 0.15) is 40.3 Å². The smallest absolute Gasteiger partial charge is 0.357 e. The molecular weight excluding hydrogens is 264 g/mol. The van der Waals surface area contributed by atoms with Crippen LogP contribution >= 0.6 is 11.3 Å². The third kappa shape index (κ3) is 3.13. The minimum absolute atomic E-state index is 0.0433. The van der Waals surface area contributed by atoms with Gasteiger partial charge in [-0.3, -0.25) is 4.90 Å². The number of thiazole rings is 1. The van der Waals surface area contributed by atoms with E-state index in [-0.39, 0.29) is 12.1 Å². The van der Waals surface area contributed by atoms with Gasteiger partial charge < -0.3 is 9.47 Å². The van der Waals surface area contributed by atoms with Crippen molar-refractivity contribution in [1.29, 1.82) is 0 Å². The van der Waals surface area contributed by atoms with E-state index in [0.717, 1.165) is 23.0 Å². The number of aromatic nitrogens is 1. The number of aryl methyl sites for hydroxylation is 1. The average molecular weight is 284 g/mol. The number of morpholine rings is 1. The van der Waals surface area contributed by atoms with Crippen molar-refractivity contribution in [2.75, 3.05) is 26.8 Å². The van der Waals surface area contributed by atoms with Crippen LogP contribution in [-0.4, -0.2) is 48.7 Å². The van der Waals surface area contributed by atoms with Crippen LogP contribution < -0.4 is 0 Å². The third-order valence-electron chi connectivity index (χ3n) is 3.30.